The van der Waals surface area contributed by atoms with E-state index in [1.165, 1.54) is 0 Å². The molecule has 0 aromatic carbocycles. The van der Waals surface area contributed by atoms with Crippen molar-refractivity contribution in [2.45, 2.75) is 38.7 Å². The average molecular weight is 172 g/mol. The second-order valence-corrected chi connectivity index (χ2v) is 2.87. The minimum atomic E-state index is -0.898. The van der Waals surface area contributed by atoms with Crippen molar-refractivity contribution in [3.8, 4) is 0 Å². The first-order valence-corrected chi connectivity index (χ1v) is 4.20. The smallest absolute Gasteiger partial charge is 0.327 e. The Kier molecular flexibility index (Phi) is 6.38. The van der Waals surface area contributed by atoms with E-state index in [2.05, 4.69) is 0 Å². The van der Waals surface area contributed by atoms with Gasteiger partial charge in [-0.05, 0) is 26.2 Å². The topological polar surface area (TPSA) is 57.5 Å². The fraction of sp³-hybridized carbons (Fsp3) is 0.667. The predicted octanol–water partition coefficient (Wildman–Crippen LogP) is 1.57. The molecule has 0 fully saturated rings. The molecule has 12 heavy (non-hydrogen) atoms. The Morgan fingerprint density at radius 1 is 1.50 bits per heavy atom. The Bertz CT molecular complexity index is 150. The Balaban J connectivity index is 3.16. The van der Waals surface area contributed by atoms with Gasteiger partial charge in [0, 0.05) is 6.08 Å². The van der Waals surface area contributed by atoms with E-state index >= 15 is 0 Å². The molecule has 0 bridgehead atoms. The van der Waals surface area contributed by atoms with Gasteiger partial charge >= 0.3 is 5.97 Å². The normalized spacial score (nSPS) is 13.5. The summed E-state index contributed by atoms with van der Waals surface area (Å²) in [7, 11) is 0. The van der Waals surface area contributed by atoms with Gasteiger partial charge in [-0.15, -0.1) is 0 Å². The second-order valence-electron chi connectivity index (χ2n) is 2.87. The number of rotatable bonds is 6. The van der Waals surface area contributed by atoms with Crippen LogP contribution in [0.1, 0.15) is 32.6 Å². The summed E-state index contributed by atoms with van der Waals surface area (Å²) in [5, 5.41) is 17.1. The number of aliphatic carboxylic acids is 1. The molecule has 0 amide bonds. The third-order valence-electron chi connectivity index (χ3n) is 1.50. The second kappa shape index (κ2) is 6.85. The van der Waals surface area contributed by atoms with Crippen molar-refractivity contribution >= 4 is 5.97 Å². The summed E-state index contributed by atoms with van der Waals surface area (Å²) < 4.78 is 0. The molecular formula is C9H16O3. The zero-order valence-electron chi connectivity index (χ0n) is 7.36. The lowest BCUT2D eigenvalue weighted by Gasteiger charge is -2.00. The molecule has 0 unspecified atom stereocenters. The molecule has 3 heteroatoms. The first kappa shape index (κ1) is 11.2. The number of carboxylic acid groups (broad SMARTS) is 1. The lowest BCUT2D eigenvalue weighted by atomic mass is 10.1. The third-order valence-corrected chi connectivity index (χ3v) is 1.50. The molecule has 0 aromatic rings. The van der Waals surface area contributed by atoms with Gasteiger partial charge in [-0.25, -0.2) is 4.79 Å². The zero-order valence-corrected chi connectivity index (χ0v) is 7.36. The molecule has 70 valence electrons. The van der Waals surface area contributed by atoms with Gasteiger partial charge in [0.25, 0.3) is 0 Å². The van der Waals surface area contributed by atoms with E-state index in [1.54, 1.807) is 13.0 Å². The van der Waals surface area contributed by atoms with Gasteiger partial charge in [-0.2, -0.15) is 0 Å². The molecule has 0 saturated heterocycles. The largest absolute Gasteiger partial charge is 0.478 e. The van der Waals surface area contributed by atoms with Crippen LogP contribution in [0.25, 0.3) is 0 Å². The SMILES string of the molecule is C[C@@H](O)CCCCC=CC(=O)O. The monoisotopic (exact) mass is 172 g/mol. The molecule has 0 aromatic heterocycles. The fourth-order valence-electron chi connectivity index (χ4n) is 0.886. The Labute approximate surface area is 72.7 Å². The maximum atomic E-state index is 10.0. The van der Waals surface area contributed by atoms with Crippen LogP contribution in [0.3, 0.4) is 0 Å². The molecule has 0 aliphatic rings. The number of aliphatic hydroxyl groups is 1. The molecule has 0 heterocycles. The molecule has 0 spiro atoms. The number of hydrogen-bond acceptors (Lipinski definition) is 2. The van der Waals surface area contributed by atoms with Crippen LogP contribution in [0.2, 0.25) is 0 Å². The summed E-state index contributed by atoms with van der Waals surface area (Å²) in [4.78, 5) is 10.0. The van der Waals surface area contributed by atoms with Crippen LogP contribution in [0.5, 0.6) is 0 Å². The van der Waals surface area contributed by atoms with Gasteiger partial charge < -0.3 is 10.2 Å². The summed E-state index contributed by atoms with van der Waals surface area (Å²) in [6.45, 7) is 1.76. The minimum Gasteiger partial charge on any atom is -0.478 e. The first-order chi connectivity index (χ1) is 5.63. The molecule has 3 nitrogen and oxygen atoms in total. The highest BCUT2D eigenvalue weighted by atomic mass is 16.4. The summed E-state index contributed by atoms with van der Waals surface area (Å²) in [5.41, 5.74) is 0. The molecule has 2 N–H and O–H groups in total. The number of aliphatic hydroxyl groups excluding tert-OH is 1. The maximum absolute atomic E-state index is 10.0. The van der Waals surface area contributed by atoms with E-state index in [-0.39, 0.29) is 6.10 Å². The van der Waals surface area contributed by atoms with Crippen LogP contribution in [0, 0.1) is 0 Å². The van der Waals surface area contributed by atoms with Crippen LogP contribution in [0.4, 0.5) is 0 Å². The number of unbranched alkanes of at least 4 members (excludes halogenated alkanes) is 2. The van der Waals surface area contributed by atoms with E-state index in [9.17, 15) is 4.79 Å². The van der Waals surface area contributed by atoms with Crippen molar-refractivity contribution in [2.75, 3.05) is 0 Å². The van der Waals surface area contributed by atoms with E-state index in [0.717, 1.165) is 31.8 Å². The molecule has 0 aliphatic heterocycles. The third kappa shape index (κ3) is 9.17. The Hall–Kier alpha value is -0.830. The maximum Gasteiger partial charge on any atom is 0.327 e. The van der Waals surface area contributed by atoms with Crippen LogP contribution >= 0.6 is 0 Å². The molecule has 0 rings (SSSR count). The highest BCUT2D eigenvalue weighted by Gasteiger charge is 1.93. The highest BCUT2D eigenvalue weighted by molar-refractivity contribution is 5.79. The van der Waals surface area contributed by atoms with Crippen LogP contribution in [0.15, 0.2) is 12.2 Å². The van der Waals surface area contributed by atoms with Crippen LogP contribution < -0.4 is 0 Å². The zero-order chi connectivity index (χ0) is 9.40. The average Bonchev–Trinajstić information content (AvgIpc) is 1.95. The molecule has 0 aliphatic carbocycles. The summed E-state index contributed by atoms with van der Waals surface area (Å²) in [6.07, 6.45) is 6.01. The lowest BCUT2D eigenvalue weighted by molar-refractivity contribution is -0.131. The predicted molar refractivity (Wildman–Crippen MR) is 46.9 cm³/mol. The van der Waals surface area contributed by atoms with Crippen molar-refractivity contribution in [3.05, 3.63) is 12.2 Å². The first-order valence-electron chi connectivity index (χ1n) is 4.20. The van der Waals surface area contributed by atoms with Gasteiger partial charge in [0.05, 0.1) is 6.10 Å². The van der Waals surface area contributed by atoms with Crippen molar-refractivity contribution in [3.63, 3.8) is 0 Å². The van der Waals surface area contributed by atoms with Gasteiger partial charge in [0.15, 0.2) is 0 Å². The summed E-state index contributed by atoms with van der Waals surface area (Å²) in [5.74, 6) is -0.898. The van der Waals surface area contributed by atoms with Gasteiger partial charge in [0.2, 0.25) is 0 Å². The van der Waals surface area contributed by atoms with E-state index in [4.69, 9.17) is 10.2 Å². The Morgan fingerprint density at radius 2 is 2.17 bits per heavy atom. The quantitative estimate of drug-likeness (QED) is 0.472. The highest BCUT2D eigenvalue weighted by Crippen LogP contribution is 2.03. The standard InChI is InChI=1S/C9H16O3/c1-8(10)6-4-2-3-5-7-9(11)12/h5,7-8,10H,2-4,6H2,1H3,(H,11,12)/t8-/m1/s1. The van der Waals surface area contributed by atoms with Crippen molar-refractivity contribution in [1.29, 1.82) is 0 Å². The van der Waals surface area contributed by atoms with Crippen molar-refractivity contribution in [1.82, 2.24) is 0 Å². The number of hydrogen-bond donors (Lipinski definition) is 2. The van der Waals surface area contributed by atoms with Gasteiger partial charge in [-0.1, -0.05) is 12.5 Å². The van der Waals surface area contributed by atoms with Crippen LogP contribution in [-0.2, 0) is 4.79 Å². The number of carboxylic acids is 1. The lowest BCUT2D eigenvalue weighted by Crippen LogP contribution is -1.97. The van der Waals surface area contributed by atoms with Crippen molar-refractivity contribution < 1.29 is 15.0 Å². The number of carbonyl (C=O) groups is 1. The summed E-state index contributed by atoms with van der Waals surface area (Å²) in [6, 6.07) is 0. The molecule has 0 radical (unpaired) electrons. The molecule has 0 saturated carbocycles. The fourth-order valence-corrected chi connectivity index (χ4v) is 0.886. The number of allylic oxidation sites excluding steroid dienone is 1. The van der Waals surface area contributed by atoms with Gasteiger partial charge in [0.1, 0.15) is 0 Å². The van der Waals surface area contributed by atoms with Crippen molar-refractivity contribution in [2.24, 2.45) is 0 Å². The van der Waals surface area contributed by atoms with E-state index in [1.807, 2.05) is 0 Å². The Morgan fingerprint density at radius 3 is 2.67 bits per heavy atom. The van der Waals surface area contributed by atoms with E-state index < -0.39 is 5.97 Å². The molecule has 1 atom stereocenters. The van der Waals surface area contributed by atoms with E-state index in [0.29, 0.717) is 0 Å². The molecular weight excluding hydrogens is 156 g/mol. The van der Waals surface area contributed by atoms with Gasteiger partial charge in [-0.3, -0.25) is 0 Å². The minimum absolute atomic E-state index is 0.242. The summed E-state index contributed by atoms with van der Waals surface area (Å²) >= 11 is 0. The van der Waals surface area contributed by atoms with Crippen LogP contribution in [-0.4, -0.2) is 22.3 Å².